The van der Waals surface area contributed by atoms with Crippen molar-refractivity contribution in [2.45, 2.75) is 6.54 Å². The van der Waals surface area contributed by atoms with Crippen LogP contribution in [0.5, 0.6) is 0 Å². The summed E-state index contributed by atoms with van der Waals surface area (Å²) in [7, 11) is 0. The average molecular weight is 398 g/mol. The molecular weight excluding hydrogens is 382 g/mol. The van der Waals surface area contributed by atoms with Gasteiger partial charge < -0.3 is 3.85 Å². The summed E-state index contributed by atoms with van der Waals surface area (Å²) in [6.45, 7) is 0.363. The summed E-state index contributed by atoms with van der Waals surface area (Å²) in [5.41, 5.74) is 2.78. The van der Waals surface area contributed by atoms with Crippen molar-refractivity contribution in [3.05, 3.63) is 106 Å². The quantitative estimate of drug-likeness (QED) is 0.489. The Hall–Kier alpha value is -3.82. The number of carbonyl (C=O) groups excluding carboxylic acids is 1. The molecule has 6 heteroatoms. The van der Waals surface area contributed by atoms with Crippen LogP contribution in [0.1, 0.15) is 21.5 Å². The third-order valence-electron chi connectivity index (χ3n) is 4.38. The summed E-state index contributed by atoms with van der Waals surface area (Å²) in [5.74, 6) is 0.243. The summed E-state index contributed by atoms with van der Waals surface area (Å²) in [5, 5.41) is 9.44. The maximum absolute atomic E-state index is 12.6. The first kappa shape index (κ1) is 18.5. The second kappa shape index (κ2) is 8.46. The number of rotatable bonds is 4. The fourth-order valence-electron chi connectivity index (χ4n) is 2.93. The molecule has 0 aliphatic rings. The number of amides is 1. The van der Waals surface area contributed by atoms with E-state index >= 15 is 0 Å². The summed E-state index contributed by atoms with van der Waals surface area (Å²) < 4.78 is 7.67. The van der Waals surface area contributed by atoms with Gasteiger partial charge in [-0.15, -0.1) is 0 Å². The number of hydrogen-bond acceptors (Lipinski definition) is 4. The predicted molar refractivity (Wildman–Crippen MR) is 109 cm³/mol. The molecule has 0 saturated heterocycles. The molecule has 0 aliphatic carbocycles. The minimum Gasteiger partial charge on any atom is -0.354 e. The molecule has 0 atom stereocenters. The lowest BCUT2D eigenvalue weighted by molar-refractivity contribution is -0.693. The Balaban J connectivity index is 1.84. The van der Waals surface area contributed by atoms with Crippen molar-refractivity contribution in [2.75, 3.05) is 0 Å². The van der Waals surface area contributed by atoms with Gasteiger partial charge in [0.1, 0.15) is 18.2 Å². The summed E-state index contributed by atoms with van der Waals surface area (Å²) in [6, 6.07) is 28.1. The first-order valence-corrected chi connectivity index (χ1v) is 9.71. The van der Waals surface area contributed by atoms with Gasteiger partial charge in [0.25, 0.3) is 0 Å². The number of nitriles is 1. The smallest absolute Gasteiger partial charge is 0.354 e. The van der Waals surface area contributed by atoms with Crippen LogP contribution in [-0.2, 0) is 6.54 Å². The minimum absolute atomic E-state index is 0.343. The SMILES string of the molecule is N#Cc1ccccc1C[n+]1c(-c2ccccc2)osc1=NC(=O)c1ccccc1. The molecule has 1 aromatic heterocycles. The Kier molecular flexibility index (Phi) is 5.41. The molecule has 0 radical (unpaired) electrons. The van der Waals surface area contributed by atoms with Gasteiger partial charge in [-0.25, -0.2) is 4.79 Å². The number of benzene rings is 3. The van der Waals surface area contributed by atoms with Crippen LogP contribution >= 0.6 is 11.6 Å². The Bertz CT molecular complexity index is 1250. The van der Waals surface area contributed by atoms with Crippen LogP contribution < -0.4 is 9.37 Å². The molecular formula is C23H16N3O2S+. The van der Waals surface area contributed by atoms with Crippen molar-refractivity contribution >= 4 is 17.5 Å². The van der Waals surface area contributed by atoms with Crippen LogP contribution in [0, 0.1) is 11.3 Å². The zero-order chi connectivity index (χ0) is 20.1. The van der Waals surface area contributed by atoms with E-state index in [9.17, 15) is 10.1 Å². The highest BCUT2D eigenvalue weighted by Crippen LogP contribution is 2.17. The van der Waals surface area contributed by atoms with Crippen LogP contribution in [0.3, 0.4) is 0 Å². The van der Waals surface area contributed by atoms with Gasteiger partial charge in [0, 0.05) is 10.6 Å². The van der Waals surface area contributed by atoms with E-state index in [2.05, 4.69) is 11.1 Å². The standard InChI is InChI=1S/C23H16N3O2S/c24-15-19-13-7-8-14-20(19)16-26-22(18-11-5-2-6-12-18)28-29-23(26)25-21(27)17-9-3-1-4-10-17/h1-14H,16H2/q+1. The molecule has 1 heterocycles. The molecule has 140 valence electrons. The normalized spacial score (nSPS) is 11.2. The fourth-order valence-corrected chi connectivity index (χ4v) is 3.62. The second-order valence-electron chi connectivity index (χ2n) is 6.26. The van der Waals surface area contributed by atoms with E-state index < -0.39 is 0 Å². The fraction of sp³-hybridized carbons (Fsp3) is 0.0435. The monoisotopic (exact) mass is 398 g/mol. The summed E-state index contributed by atoms with van der Waals surface area (Å²) in [4.78, 5) is 17.3. The number of aromatic nitrogens is 1. The topological polar surface area (TPSA) is 70.2 Å². The van der Waals surface area contributed by atoms with E-state index in [1.165, 1.54) is 0 Å². The summed E-state index contributed by atoms with van der Waals surface area (Å²) in [6.07, 6.45) is 0. The predicted octanol–water partition coefficient (Wildman–Crippen LogP) is 3.96. The lowest BCUT2D eigenvalue weighted by atomic mass is 10.1. The highest BCUT2D eigenvalue weighted by molar-refractivity contribution is 7.00. The number of hydrogen-bond donors (Lipinski definition) is 0. The minimum atomic E-state index is -0.343. The molecule has 0 unspecified atom stereocenters. The van der Waals surface area contributed by atoms with Crippen LogP contribution in [0.4, 0.5) is 0 Å². The van der Waals surface area contributed by atoms with E-state index in [-0.39, 0.29) is 5.91 Å². The van der Waals surface area contributed by atoms with E-state index in [1.807, 2.05) is 59.2 Å². The molecule has 0 bridgehead atoms. The molecule has 0 fully saturated rings. The Morgan fingerprint density at radius 3 is 2.34 bits per heavy atom. The largest absolute Gasteiger partial charge is 0.423 e. The van der Waals surface area contributed by atoms with Gasteiger partial charge in [-0.1, -0.05) is 54.6 Å². The maximum atomic E-state index is 12.6. The van der Waals surface area contributed by atoms with Gasteiger partial charge >= 0.3 is 16.6 Å². The van der Waals surface area contributed by atoms with Crippen molar-refractivity contribution < 1.29 is 13.2 Å². The van der Waals surface area contributed by atoms with Crippen LogP contribution in [0.15, 0.2) is 93.8 Å². The van der Waals surface area contributed by atoms with E-state index in [4.69, 9.17) is 3.85 Å². The van der Waals surface area contributed by atoms with Gasteiger partial charge in [0.2, 0.25) is 0 Å². The summed E-state index contributed by atoms with van der Waals surface area (Å²) >= 11 is 1.04. The van der Waals surface area contributed by atoms with Gasteiger partial charge in [-0.2, -0.15) is 9.83 Å². The van der Waals surface area contributed by atoms with Gasteiger partial charge in [0.05, 0.1) is 22.8 Å². The second-order valence-corrected chi connectivity index (χ2v) is 6.96. The molecule has 29 heavy (non-hydrogen) atoms. The van der Waals surface area contributed by atoms with Crippen LogP contribution in [0.2, 0.25) is 0 Å². The Morgan fingerprint density at radius 1 is 0.966 bits per heavy atom. The zero-order valence-electron chi connectivity index (χ0n) is 15.4. The molecule has 1 amide bonds. The van der Waals surface area contributed by atoms with Crippen molar-refractivity contribution in [2.24, 2.45) is 4.99 Å². The van der Waals surface area contributed by atoms with E-state index in [0.717, 1.165) is 22.8 Å². The highest BCUT2D eigenvalue weighted by atomic mass is 32.1. The first-order chi connectivity index (χ1) is 14.3. The Morgan fingerprint density at radius 2 is 1.62 bits per heavy atom. The van der Waals surface area contributed by atoms with Crippen LogP contribution in [0.25, 0.3) is 11.5 Å². The van der Waals surface area contributed by atoms with Crippen molar-refractivity contribution in [1.82, 2.24) is 0 Å². The van der Waals surface area contributed by atoms with Crippen LogP contribution in [-0.4, -0.2) is 5.91 Å². The van der Waals surface area contributed by atoms with E-state index in [0.29, 0.717) is 28.4 Å². The van der Waals surface area contributed by atoms with Gasteiger partial charge in [-0.05, 0) is 30.3 Å². The highest BCUT2D eigenvalue weighted by Gasteiger charge is 2.23. The lowest BCUT2D eigenvalue weighted by Crippen LogP contribution is -2.49. The zero-order valence-corrected chi connectivity index (χ0v) is 16.2. The molecule has 3 aromatic carbocycles. The molecule has 4 aromatic rings. The average Bonchev–Trinajstić information content (AvgIpc) is 3.17. The van der Waals surface area contributed by atoms with Gasteiger partial charge in [-0.3, -0.25) is 0 Å². The van der Waals surface area contributed by atoms with Gasteiger partial charge in [0.15, 0.2) is 0 Å². The third kappa shape index (κ3) is 4.05. The maximum Gasteiger partial charge on any atom is 0.423 e. The van der Waals surface area contributed by atoms with Crippen molar-refractivity contribution in [1.29, 1.82) is 5.26 Å². The molecule has 0 saturated carbocycles. The lowest BCUT2D eigenvalue weighted by Gasteiger charge is -2.02. The van der Waals surface area contributed by atoms with E-state index in [1.54, 1.807) is 30.3 Å². The third-order valence-corrected chi connectivity index (χ3v) is 5.08. The molecule has 4 rings (SSSR count). The molecule has 0 N–H and O–H groups in total. The molecule has 0 spiro atoms. The molecule has 0 aliphatic heterocycles. The number of nitrogens with zero attached hydrogens (tertiary/aromatic N) is 3. The first-order valence-electron chi connectivity index (χ1n) is 8.97. The Labute approximate surface area is 171 Å². The van der Waals surface area contributed by atoms with Crippen molar-refractivity contribution in [3.8, 4) is 17.5 Å². The van der Waals surface area contributed by atoms with Crippen molar-refractivity contribution in [3.63, 3.8) is 0 Å². The molecule has 5 nitrogen and oxygen atoms in total. The number of carbonyl (C=O) groups is 1.